The largest absolute Gasteiger partial charge is 0.381 e. The van der Waals surface area contributed by atoms with Crippen molar-refractivity contribution in [3.05, 3.63) is 167 Å². The molecule has 0 radical (unpaired) electrons. The summed E-state index contributed by atoms with van der Waals surface area (Å²) in [6.45, 7) is 2.30. The molecule has 0 heterocycles. The first-order valence-corrected chi connectivity index (χ1v) is 15.6. The van der Waals surface area contributed by atoms with Crippen molar-refractivity contribution in [2.24, 2.45) is 5.14 Å². The maximum Gasteiger partial charge on any atom is 0.238 e. The van der Waals surface area contributed by atoms with E-state index in [1.165, 1.54) is 0 Å². The van der Waals surface area contributed by atoms with Gasteiger partial charge in [-0.1, -0.05) is 121 Å². The van der Waals surface area contributed by atoms with Crippen LogP contribution in [-0.4, -0.2) is 13.4 Å². The summed E-state index contributed by atoms with van der Waals surface area (Å²) in [5, 5.41) is 11.5. The van der Waals surface area contributed by atoms with E-state index in [2.05, 4.69) is 46.1 Å². The van der Waals surface area contributed by atoms with Crippen LogP contribution in [-0.2, 0) is 42.6 Å². The number of rotatable bonds is 13. The Kier molecular flexibility index (Phi) is 9.79. The second kappa shape index (κ2) is 14.1. The Labute approximate surface area is 248 Å². The Balaban J connectivity index is 1.50. The number of nitrogens with zero attached hydrogens (tertiary/aromatic N) is 1. The summed E-state index contributed by atoms with van der Waals surface area (Å²) in [5.41, 5.74) is 10.2. The van der Waals surface area contributed by atoms with E-state index in [4.69, 9.17) is 5.14 Å². The fraction of sp³-hybridized carbons (Fsp3) is 0.143. The molecule has 0 atom stereocenters. The van der Waals surface area contributed by atoms with Crippen molar-refractivity contribution >= 4 is 15.7 Å². The van der Waals surface area contributed by atoms with Gasteiger partial charge in [-0.05, 0) is 45.5 Å². The Morgan fingerprint density at radius 1 is 0.571 bits per heavy atom. The van der Waals surface area contributed by atoms with Crippen LogP contribution in [0, 0.1) is 0 Å². The summed E-state index contributed by atoms with van der Waals surface area (Å²) in [4.78, 5) is 0.141. The fourth-order valence-electron chi connectivity index (χ4n) is 4.97. The standard InChI is InChI=1S/C35H36N4O2S/c36-42(40,41)35-23-32(27-39(26-31-19-11-4-12-20-31)38-25-30-17-9-3-10-18-30)22-34(37-24-29-15-7-2-8-16-29)33(35)21-28-13-5-1-6-14-28/h1-20,22-23,37-38H,21,24-27H2,(H2,36,40,41). The molecule has 5 aromatic rings. The van der Waals surface area contributed by atoms with Crippen LogP contribution in [0.25, 0.3) is 0 Å². The third kappa shape index (κ3) is 8.38. The number of nitrogens with one attached hydrogen (secondary N) is 2. The molecule has 5 rings (SSSR count). The highest BCUT2D eigenvalue weighted by molar-refractivity contribution is 7.89. The lowest BCUT2D eigenvalue weighted by molar-refractivity contribution is 0.164. The topological polar surface area (TPSA) is 87.5 Å². The van der Waals surface area contributed by atoms with Gasteiger partial charge in [0.15, 0.2) is 0 Å². The van der Waals surface area contributed by atoms with Gasteiger partial charge >= 0.3 is 0 Å². The summed E-state index contributed by atoms with van der Waals surface area (Å²) >= 11 is 0. The number of benzene rings is 5. The molecule has 0 saturated heterocycles. The van der Waals surface area contributed by atoms with E-state index in [0.717, 1.165) is 33.5 Å². The predicted molar refractivity (Wildman–Crippen MR) is 170 cm³/mol. The van der Waals surface area contributed by atoms with Crippen LogP contribution < -0.4 is 15.9 Å². The van der Waals surface area contributed by atoms with Gasteiger partial charge in [-0.2, -0.15) is 0 Å². The minimum absolute atomic E-state index is 0.141. The van der Waals surface area contributed by atoms with Gasteiger partial charge in [-0.25, -0.2) is 18.6 Å². The van der Waals surface area contributed by atoms with E-state index in [-0.39, 0.29) is 4.90 Å². The van der Waals surface area contributed by atoms with Gasteiger partial charge < -0.3 is 5.32 Å². The summed E-state index contributed by atoms with van der Waals surface area (Å²) in [6.07, 6.45) is 0.435. The van der Waals surface area contributed by atoms with Crippen LogP contribution in [0.2, 0.25) is 0 Å². The van der Waals surface area contributed by atoms with Gasteiger partial charge in [0.25, 0.3) is 0 Å². The molecule has 0 aliphatic carbocycles. The van der Waals surface area contributed by atoms with Gasteiger partial charge in [-0.15, -0.1) is 0 Å². The molecule has 5 aromatic carbocycles. The molecule has 0 aliphatic heterocycles. The summed E-state index contributed by atoms with van der Waals surface area (Å²) in [5.74, 6) is 0. The number of primary sulfonamides is 1. The lowest BCUT2D eigenvalue weighted by Gasteiger charge is -2.25. The SMILES string of the molecule is NS(=O)(=O)c1cc(CN(Cc2ccccc2)NCc2ccccc2)cc(NCc2ccccc2)c1Cc1ccccc1. The Morgan fingerprint density at radius 2 is 1.05 bits per heavy atom. The van der Waals surface area contributed by atoms with Gasteiger partial charge in [0.1, 0.15) is 0 Å². The van der Waals surface area contributed by atoms with Crippen LogP contribution in [0.15, 0.2) is 138 Å². The number of sulfonamides is 1. The number of hydrazine groups is 1. The average molecular weight is 577 g/mol. The monoisotopic (exact) mass is 576 g/mol. The Hall–Kier alpha value is -4.27. The van der Waals surface area contributed by atoms with Crippen molar-refractivity contribution in [2.45, 2.75) is 37.5 Å². The highest BCUT2D eigenvalue weighted by Gasteiger charge is 2.21. The van der Waals surface area contributed by atoms with Crippen molar-refractivity contribution in [3.63, 3.8) is 0 Å². The smallest absolute Gasteiger partial charge is 0.238 e. The third-order valence-corrected chi connectivity index (χ3v) is 8.04. The molecule has 6 nitrogen and oxygen atoms in total. The zero-order valence-electron chi connectivity index (χ0n) is 23.5. The van der Waals surface area contributed by atoms with Crippen LogP contribution in [0.5, 0.6) is 0 Å². The minimum atomic E-state index is -4.01. The molecule has 0 saturated carbocycles. The Bertz CT molecular complexity index is 1660. The molecule has 0 bridgehead atoms. The number of hydrogen-bond acceptors (Lipinski definition) is 5. The van der Waals surface area contributed by atoms with Crippen LogP contribution in [0.4, 0.5) is 5.69 Å². The highest BCUT2D eigenvalue weighted by Crippen LogP contribution is 2.30. The minimum Gasteiger partial charge on any atom is -0.381 e. The normalized spacial score (nSPS) is 11.5. The van der Waals surface area contributed by atoms with E-state index in [1.54, 1.807) is 6.07 Å². The second-order valence-electron chi connectivity index (χ2n) is 10.3. The number of hydrogen-bond donors (Lipinski definition) is 3. The van der Waals surface area contributed by atoms with Crippen molar-refractivity contribution in [3.8, 4) is 0 Å². The summed E-state index contributed by atoms with van der Waals surface area (Å²) in [6, 6.07) is 44.1. The summed E-state index contributed by atoms with van der Waals surface area (Å²) in [7, 11) is -4.01. The maximum absolute atomic E-state index is 13.0. The lowest BCUT2D eigenvalue weighted by Crippen LogP contribution is -2.36. The molecule has 0 unspecified atom stereocenters. The van der Waals surface area contributed by atoms with Crippen molar-refractivity contribution in [1.82, 2.24) is 10.4 Å². The fourth-order valence-corrected chi connectivity index (χ4v) is 5.81. The molecule has 0 aliphatic rings. The van der Waals surface area contributed by atoms with Gasteiger partial charge in [0.05, 0.1) is 4.90 Å². The van der Waals surface area contributed by atoms with Crippen LogP contribution in [0.3, 0.4) is 0 Å². The van der Waals surface area contributed by atoms with E-state index >= 15 is 0 Å². The van der Waals surface area contributed by atoms with E-state index in [9.17, 15) is 8.42 Å². The quantitative estimate of drug-likeness (QED) is 0.144. The van der Waals surface area contributed by atoms with Gasteiger partial charge in [0, 0.05) is 38.3 Å². The molecule has 4 N–H and O–H groups in total. The molecule has 0 aromatic heterocycles. The highest BCUT2D eigenvalue weighted by atomic mass is 32.2. The zero-order chi connectivity index (χ0) is 29.2. The van der Waals surface area contributed by atoms with Crippen LogP contribution in [0.1, 0.15) is 33.4 Å². The predicted octanol–water partition coefficient (Wildman–Crippen LogP) is 6.24. The van der Waals surface area contributed by atoms with Crippen molar-refractivity contribution in [2.75, 3.05) is 5.32 Å². The lowest BCUT2D eigenvalue weighted by atomic mass is 10.0. The molecular formula is C35H36N4O2S. The first-order chi connectivity index (χ1) is 20.4. The molecule has 0 spiro atoms. The zero-order valence-corrected chi connectivity index (χ0v) is 24.3. The van der Waals surface area contributed by atoms with Crippen LogP contribution >= 0.6 is 0 Å². The van der Waals surface area contributed by atoms with E-state index in [1.807, 2.05) is 97.1 Å². The van der Waals surface area contributed by atoms with Gasteiger partial charge in [0.2, 0.25) is 10.0 Å². The van der Waals surface area contributed by atoms with E-state index < -0.39 is 10.0 Å². The molecule has 42 heavy (non-hydrogen) atoms. The summed E-state index contributed by atoms with van der Waals surface area (Å²) < 4.78 is 26.1. The number of nitrogens with two attached hydrogens (primary N) is 1. The molecular weight excluding hydrogens is 540 g/mol. The molecule has 7 heteroatoms. The van der Waals surface area contributed by atoms with E-state index in [0.29, 0.717) is 38.2 Å². The third-order valence-electron chi connectivity index (χ3n) is 7.06. The number of anilines is 1. The van der Waals surface area contributed by atoms with Gasteiger partial charge in [-0.3, -0.25) is 5.43 Å². The van der Waals surface area contributed by atoms with Crippen molar-refractivity contribution < 1.29 is 8.42 Å². The van der Waals surface area contributed by atoms with Crippen molar-refractivity contribution in [1.29, 1.82) is 0 Å². The molecule has 0 amide bonds. The first-order valence-electron chi connectivity index (χ1n) is 14.0. The first kappa shape index (κ1) is 29.2. The maximum atomic E-state index is 13.0. The Morgan fingerprint density at radius 3 is 1.60 bits per heavy atom. The average Bonchev–Trinajstić information content (AvgIpc) is 3.01. The molecule has 0 fully saturated rings. The molecule has 214 valence electrons. The second-order valence-corrected chi connectivity index (χ2v) is 11.9.